The zero-order chi connectivity index (χ0) is 12.3. The normalized spacial score (nSPS) is 10.2. The molecular formula is C13H12ClNOS. The van der Waals surface area contributed by atoms with Gasteiger partial charge in [0.15, 0.2) is 0 Å². The van der Waals surface area contributed by atoms with E-state index < -0.39 is 0 Å². The molecule has 4 heteroatoms. The van der Waals surface area contributed by atoms with Crippen LogP contribution in [0.5, 0.6) is 0 Å². The van der Waals surface area contributed by atoms with Gasteiger partial charge >= 0.3 is 0 Å². The fourth-order valence-electron chi connectivity index (χ4n) is 1.57. The highest BCUT2D eigenvalue weighted by Crippen LogP contribution is 2.14. The summed E-state index contributed by atoms with van der Waals surface area (Å²) in [6.45, 7) is 0.620. The Hall–Kier alpha value is -1.32. The van der Waals surface area contributed by atoms with E-state index >= 15 is 0 Å². The first-order valence-corrected chi connectivity index (χ1v) is 6.51. The SMILES string of the molecule is CN(Cc1ccsc1)C(=O)c1cccc(Cl)c1. The van der Waals surface area contributed by atoms with Crippen LogP contribution in [0.25, 0.3) is 0 Å². The van der Waals surface area contributed by atoms with Crippen LogP contribution in [-0.2, 0) is 6.54 Å². The van der Waals surface area contributed by atoms with Crippen LogP contribution in [-0.4, -0.2) is 17.9 Å². The Bertz CT molecular complexity index is 510. The molecule has 1 heterocycles. The minimum absolute atomic E-state index is 0.0151. The molecular weight excluding hydrogens is 254 g/mol. The summed E-state index contributed by atoms with van der Waals surface area (Å²) < 4.78 is 0. The zero-order valence-corrected chi connectivity index (χ0v) is 11.0. The molecule has 0 spiro atoms. The van der Waals surface area contributed by atoms with E-state index in [0.29, 0.717) is 17.1 Å². The van der Waals surface area contributed by atoms with E-state index in [1.807, 2.05) is 16.8 Å². The maximum atomic E-state index is 12.1. The third kappa shape index (κ3) is 3.08. The van der Waals surface area contributed by atoms with E-state index in [4.69, 9.17) is 11.6 Å². The van der Waals surface area contributed by atoms with Gasteiger partial charge in [-0.15, -0.1) is 0 Å². The molecule has 2 rings (SSSR count). The van der Waals surface area contributed by atoms with Crippen molar-refractivity contribution in [2.45, 2.75) is 6.54 Å². The van der Waals surface area contributed by atoms with Crippen LogP contribution in [0.4, 0.5) is 0 Å². The number of hydrogen-bond donors (Lipinski definition) is 0. The molecule has 0 bridgehead atoms. The largest absolute Gasteiger partial charge is 0.337 e. The topological polar surface area (TPSA) is 20.3 Å². The standard InChI is InChI=1S/C13H12ClNOS/c1-15(8-10-5-6-17-9-10)13(16)11-3-2-4-12(14)7-11/h2-7,9H,8H2,1H3. The molecule has 17 heavy (non-hydrogen) atoms. The Morgan fingerprint density at radius 2 is 2.24 bits per heavy atom. The molecule has 2 nitrogen and oxygen atoms in total. The van der Waals surface area contributed by atoms with Gasteiger partial charge in [0.1, 0.15) is 0 Å². The van der Waals surface area contributed by atoms with Crippen molar-refractivity contribution >= 4 is 28.8 Å². The molecule has 0 saturated carbocycles. The van der Waals surface area contributed by atoms with E-state index in [1.54, 1.807) is 47.5 Å². The van der Waals surface area contributed by atoms with E-state index in [1.165, 1.54) is 0 Å². The van der Waals surface area contributed by atoms with Gasteiger partial charge in [-0.3, -0.25) is 4.79 Å². The third-order valence-corrected chi connectivity index (χ3v) is 3.39. The van der Waals surface area contributed by atoms with E-state index in [2.05, 4.69) is 0 Å². The van der Waals surface area contributed by atoms with Gasteiger partial charge in [-0.25, -0.2) is 0 Å². The monoisotopic (exact) mass is 265 g/mol. The lowest BCUT2D eigenvalue weighted by molar-refractivity contribution is 0.0785. The van der Waals surface area contributed by atoms with Gasteiger partial charge in [0.05, 0.1) is 0 Å². The van der Waals surface area contributed by atoms with Crippen molar-refractivity contribution in [3.63, 3.8) is 0 Å². The maximum Gasteiger partial charge on any atom is 0.253 e. The summed E-state index contributed by atoms with van der Waals surface area (Å²) in [4.78, 5) is 13.8. The van der Waals surface area contributed by atoms with Crippen LogP contribution in [0, 0.1) is 0 Å². The molecule has 0 atom stereocenters. The number of rotatable bonds is 3. The number of carbonyl (C=O) groups is 1. The molecule has 0 N–H and O–H groups in total. The highest BCUT2D eigenvalue weighted by Gasteiger charge is 2.12. The second-order valence-electron chi connectivity index (χ2n) is 3.80. The molecule has 0 aliphatic heterocycles. The number of halogens is 1. The van der Waals surface area contributed by atoms with Crippen molar-refractivity contribution in [3.05, 3.63) is 57.2 Å². The summed E-state index contributed by atoms with van der Waals surface area (Å²) in [5.74, 6) is -0.0151. The van der Waals surface area contributed by atoms with Gasteiger partial charge in [0.25, 0.3) is 5.91 Å². The van der Waals surface area contributed by atoms with Gasteiger partial charge in [-0.2, -0.15) is 11.3 Å². The summed E-state index contributed by atoms with van der Waals surface area (Å²) in [6.07, 6.45) is 0. The van der Waals surface area contributed by atoms with E-state index in [-0.39, 0.29) is 5.91 Å². The van der Waals surface area contributed by atoms with Crippen molar-refractivity contribution in [3.8, 4) is 0 Å². The van der Waals surface area contributed by atoms with Gasteiger partial charge in [-0.05, 0) is 40.6 Å². The molecule has 0 aliphatic rings. The number of thiophene rings is 1. The molecule has 0 fully saturated rings. The predicted molar refractivity (Wildman–Crippen MR) is 71.6 cm³/mol. The second kappa shape index (κ2) is 5.34. The Morgan fingerprint density at radius 1 is 1.41 bits per heavy atom. The van der Waals surface area contributed by atoms with Crippen molar-refractivity contribution < 1.29 is 4.79 Å². The number of hydrogen-bond acceptors (Lipinski definition) is 2. The summed E-state index contributed by atoms with van der Waals surface area (Å²) in [6, 6.07) is 9.03. The minimum atomic E-state index is -0.0151. The lowest BCUT2D eigenvalue weighted by Crippen LogP contribution is -2.25. The molecule has 1 amide bonds. The molecule has 0 unspecified atom stereocenters. The summed E-state index contributed by atoms with van der Waals surface area (Å²) in [5.41, 5.74) is 1.77. The number of benzene rings is 1. The van der Waals surface area contributed by atoms with Crippen LogP contribution in [0.1, 0.15) is 15.9 Å². The van der Waals surface area contributed by atoms with Crippen molar-refractivity contribution in [1.29, 1.82) is 0 Å². The second-order valence-corrected chi connectivity index (χ2v) is 5.02. The Balaban J connectivity index is 2.09. The lowest BCUT2D eigenvalue weighted by atomic mass is 10.2. The number of nitrogens with zero attached hydrogens (tertiary/aromatic N) is 1. The summed E-state index contributed by atoms with van der Waals surface area (Å²) in [7, 11) is 1.79. The maximum absolute atomic E-state index is 12.1. The van der Waals surface area contributed by atoms with Crippen LogP contribution in [0.3, 0.4) is 0 Å². The van der Waals surface area contributed by atoms with E-state index in [9.17, 15) is 4.79 Å². The number of carbonyl (C=O) groups excluding carboxylic acids is 1. The molecule has 0 radical (unpaired) electrons. The molecule has 1 aromatic heterocycles. The first-order valence-electron chi connectivity index (χ1n) is 5.19. The quantitative estimate of drug-likeness (QED) is 0.829. The Labute approximate surface area is 109 Å². The molecule has 0 aliphatic carbocycles. The van der Waals surface area contributed by atoms with Gasteiger partial charge in [0, 0.05) is 24.2 Å². The smallest absolute Gasteiger partial charge is 0.253 e. The summed E-state index contributed by atoms with van der Waals surface area (Å²) in [5, 5.41) is 4.63. The highest BCUT2D eigenvalue weighted by atomic mass is 35.5. The highest BCUT2D eigenvalue weighted by molar-refractivity contribution is 7.07. The number of amides is 1. The Morgan fingerprint density at radius 3 is 2.88 bits per heavy atom. The summed E-state index contributed by atoms with van der Waals surface area (Å²) >= 11 is 7.50. The van der Waals surface area contributed by atoms with Gasteiger partial charge in [-0.1, -0.05) is 17.7 Å². The van der Waals surface area contributed by atoms with Crippen molar-refractivity contribution in [1.82, 2.24) is 4.90 Å². The first kappa shape index (κ1) is 12.1. The molecule has 88 valence electrons. The van der Waals surface area contributed by atoms with Crippen LogP contribution < -0.4 is 0 Å². The molecule has 0 saturated heterocycles. The molecule has 2 aromatic rings. The van der Waals surface area contributed by atoms with Gasteiger partial charge < -0.3 is 4.90 Å². The first-order chi connectivity index (χ1) is 8.16. The Kier molecular flexibility index (Phi) is 3.82. The lowest BCUT2D eigenvalue weighted by Gasteiger charge is -2.16. The average Bonchev–Trinajstić information content (AvgIpc) is 2.80. The van der Waals surface area contributed by atoms with Crippen molar-refractivity contribution in [2.75, 3.05) is 7.05 Å². The predicted octanol–water partition coefficient (Wildman–Crippen LogP) is 3.67. The van der Waals surface area contributed by atoms with Crippen LogP contribution >= 0.6 is 22.9 Å². The fraction of sp³-hybridized carbons (Fsp3) is 0.154. The zero-order valence-electron chi connectivity index (χ0n) is 9.39. The van der Waals surface area contributed by atoms with Crippen LogP contribution in [0.15, 0.2) is 41.1 Å². The molecule has 1 aromatic carbocycles. The van der Waals surface area contributed by atoms with Gasteiger partial charge in [0.2, 0.25) is 0 Å². The van der Waals surface area contributed by atoms with Crippen LogP contribution in [0.2, 0.25) is 5.02 Å². The minimum Gasteiger partial charge on any atom is -0.337 e. The van der Waals surface area contributed by atoms with Crippen molar-refractivity contribution in [2.24, 2.45) is 0 Å². The third-order valence-electron chi connectivity index (χ3n) is 2.42. The van der Waals surface area contributed by atoms with E-state index in [0.717, 1.165) is 5.56 Å². The fourth-order valence-corrected chi connectivity index (χ4v) is 2.42. The average molecular weight is 266 g/mol.